The highest BCUT2D eigenvalue weighted by Gasteiger charge is 2.13. The minimum atomic E-state index is 0.0525. The Hall–Kier alpha value is -1.04. The van der Waals surface area contributed by atoms with Crippen molar-refractivity contribution in [1.82, 2.24) is 15.3 Å². The van der Waals surface area contributed by atoms with Gasteiger partial charge in [0.1, 0.15) is 6.33 Å². The molecule has 0 amide bonds. The number of aliphatic hydroxyl groups is 1. The van der Waals surface area contributed by atoms with E-state index in [2.05, 4.69) is 22.2 Å². The molecular formula is C11H20N4O. The third kappa shape index (κ3) is 4.22. The monoisotopic (exact) mass is 224 g/mol. The third-order valence-corrected chi connectivity index (χ3v) is 2.48. The summed E-state index contributed by atoms with van der Waals surface area (Å²) in [6.45, 7) is 2.81. The van der Waals surface area contributed by atoms with E-state index in [9.17, 15) is 0 Å². The average Bonchev–Trinajstić information content (AvgIpc) is 2.34. The fourth-order valence-corrected chi connectivity index (χ4v) is 1.61. The van der Waals surface area contributed by atoms with Crippen LogP contribution in [0.2, 0.25) is 0 Å². The number of hydrogen-bond acceptors (Lipinski definition) is 5. The summed E-state index contributed by atoms with van der Waals surface area (Å²) in [5.41, 5.74) is 6.62. The molecule has 5 heteroatoms. The first-order chi connectivity index (χ1) is 7.77. The summed E-state index contributed by atoms with van der Waals surface area (Å²) in [6.07, 6.45) is 4.97. The van der Waals surface area contributed by atoms with E-state index in [1.807, 2.05) is 6.07 Å². The minimum Gasteiger partial charge on any atom is -0.396 e. The fraction of sp³-hybridized carbons (Fsp3) is 0.636. The molecule has 0 aliphatic carbocycles. The first-order valence-corrected chi connectivity index (χ1v) is 5.60. The predicted molar refractivity (Wildman–Crippen MR) is 62.7 cm³/mol. The van der Waals surface area contributed by atoms with E-state index >= 15 is 0 Å². The van der Waals surface area contributed by atoms with Crippen molar-refractivity contribution < 1.29 is 5.11 Å². The molecule has 0 aliphatic rings. The number of nitrogens with one attached hydrogen (secondary N) is 1. The van der Waals surface area contributed by atoms with Gasteiger partial charge in [-0.3, -0.25) is 0 Å². The second-order valence-electron chi connectivity index (χ2n) is 3.86. The van der Waals surface area contributed by atoms with Gasteiger partial charge in [-0.25, -0.2) is 9.97 Å². The minimum absolute atomic E-state index is 0.0525. The molecule has 1 aromatic heterocycles. The third-order valence-electron chi connectivity index (χ3n) is 2.48. The maximum atomic E-state index is 8.75. The van der Waals surface area contributed by atoms with Crippen molar-refractivity contribution in [3.8, 4) is 0 Å². The lowest BCUT2D eigenvalue weighted by molar-refractivity contribution is 0.273. The van der Waals surface area contributed by atoms with Crippen LogP contribution in [0.25, 0.3) is 0 Å². The van der Waals surface area contributed by atoms with Gasteiger partial charge >= 0.3 is 0 Å². The van der Waals surface area contributed by atoms with Gasteiger partial charge in [0.05, 0.1) is 11.7 Å². The molecule has 0 radical (unpaired) electrons. The normalized spacial score (nSPS) is 14.7. The SMILES string of the molecule is CC(CCCO)NC(CN)c1ccncn1. The number of aromatic nitrogens is 2. The molecule has 0 bridgehead atoms. The van der Waals surface area contributed by atoms with Crippen molar-refractivity contribution in [2.24, 2.45) is 5.73 Å². The standard InChI is InChI=1S/C11H20N4O/c1-9(3-2-6-16)15-11(7-12)10-4-5-13-8-14-10/h4-5,8-9,11,15-16H,2-3,6-7,12H2,1H3. The summed E-state index contributed by atoms with van der Waals surface area (Å²) >= 11 is 0. The molecule has 0 spiro atoms. The second kappa shape index (κ2) is 7.27. The van der Waals surface area contributed by atoms with Crippen LogP contribution >= 0.6 is 0 Å². The predicted octanol–water partition coefficient (Wildman–Crippen LogP) is 0.227. The summed E-state index contributed by atoms with van der Waals surface area (Å²) in [5.74, 6) is 0. The molecule has 0 saturated heterocycles. The number of nitrogens with two attached hydrogens (primary N) is 1. The summed E-state index contributed by atoms with van der Waals surface area (Å²) in [6, 6.07) is 2.23. The number of nitrogens with zero attached hydrogens (tertiary/aromatic N) is 2. The molecule has 0 aromatic carbocycles. The summed E-state index contributed by atoms with van der Waals surface area (Å²) in [7, 11) is 0. The molecule has 1 aromatic rings. The Morgan fingerprint density at radius 2 is 2.38 bits per heavy atom. The quantitative estimate of drug-likeness (QED) is 0.617. The second-order valence-corrected chi connectivity index (χ2v) is 3.86. The van der Waals surface area contributed by atoms with Crippen LogP contribution in [0.15, 0.2) is 18.6 Å². The largest absolute Gasteiger partial charge is 0.396 e. The number of rotatable bonds is 7. The van der Waals surface area contributed by atoms with Crippen molar-refractivity contribution in [3.63, 3.8) is 0 Å². The van der Waals surface area contributed by atoms with Crippen LogP contribution in [-0.4, -0.2) is 34.3 Å². The van der Waals surface area contributed by atoms with Crippen LogP contribution in [0.3, 0.4) is 0 Å². The van der Waals surface area contributed by atoms with Gasteiger partial charge in [0.2, 0.25) is 0 Å². The van der Waals surface area contributed by atoms with Crippen LogP contribution in [0, 0.1) is 0 Å². The van der Waals surface area contributed by atoms with E-state index < -0.39 is 0 Å². The maximum Gasteiger partial charge on any atom is 0.115 e. The molecule has 1 heterocycles. The molecule has 2 unspecified atom stereocenters. The number of aliphatic hydroxyl groups excluding tert-OH is 1. The first-order valence-electron chi connectivity index (χ1n) is 5.60. The van der Waals surface area contributed by atoms with E-state index in [0.29, 0.717) is 12.6 Å². The summed E-state index contributed by atoms with van der Waals surface area (Å²) < 4.78 is 0. The van der Waals surface area contributed by atoms with Gasteiger partial charge in [-0.2, -0.15) is 0 Å². The van der Waals surface area contributed by atoms with Crippen LogP contribution in [0.1, 0.15) is 31.5 Å². The molecule has 90 valence electrons. The summed E-state index contributed by atoms with van der Waals surface area (Å²) in [5, 5.41) is 12.1. The molecule has 0 fully saturated rings. The van der Waals surface area contributed by atoms with Crippen molar-refractivity contribution >= 4 is 0 Å². The zero-order valence-electron chi connectivity index (χ0n) is 9.63. The molecule has 1 rings (SSSR count). The highest BCUT2D eigenvalue weighted by atomic mass is 16.2. The van der Waals surface area contributed by atoms with Crippen molar-refractivity contribution in [2.45, 2.75) is 31.8 Å². The Bertz CT molecular complexity index is 281. The van der Waals surface area contributed by atoms with E-state index in [1.54, 1.807) is 6.20 Å². The molecule has 4 N–H and O–H groups in total. The molecule has 2 atom stereocenters. The smallest absolute Gasteiger partial charge is 0.115 e. The first kappa shape index (κ1) is 13.0. The lowest BCUT2D eigenvalue weighted by atomic mass is 10.1. The molecular weight excluding hydrogens is 204 g/mol. The highest BCUT2D eigenvalue weighted by Crippen LogP contribution is 2.09. The van der Waals surface area contributed by atoms with Crippen LogP contribution in [-0.2, 0) is 0 Å². The van der Waals surface area contributed by atoms with Crippen molar-refractivity contribution in [1.29, 1.82) is 0 Å². The lowest BCUT2D eigenvalue weighted by Crippen LogP contribution is -2.35. The Morgan fingerprint density at radius 1 is 1.56 bits per heavy atom. The molecule has 5 nitrogen and oxygen atoms in total. The summed E-state index contributed by atoms with van der Waals surface area (Å²) in [4.78, 5) is 8.06. The van der Waals surface area contributed by atoms with Crippen molar-refractivity contribution in [2.75, 3.05) is 13.2 Å². The van der Waals surface area contributed by atoms with Gasteiger partial charge in [-0.1, -0.05) is 0 Å². The fourth-order valence-electron chi connectivity index (χ4n) is 1.61. The van der Waals surface area contributed by atoms with E-state index in [1.165, 1.54) is 6.33 Å². The Kier molecular flexibility index (Phi) is 5.92. The lowest BCUT2D eigenvalue weighted by Gasteiger charge is -2.21. The van der Waals surface area contributed by atoms with Gasteiger partial charge in [0.25, 0.3) is 0 Å². The van der Waals surface area contributed by atoms with E-state index in [-0.39, 0.29) is 12.6 Å². The average molecular weight is 224 g/mol. The van der Waals surface area contributed by atoms with Crippen LogP contribution in [0.5, 0.6) is 0 Å². The van der Waals surface area contributed by atoms with E-state index in [0.717, 1.165) is 18.5 Å². The van der Waals surface area contributed by atoms with Gasteiger partial charge in [0, 0.05) is 25.4 Å². The Morgan fingerprint density at radius 3 is 2.94 bits per heavy atom. The van der Waals surface area contributed by atoms with Crippen molar-refractivity contribution in [3.05, 3.63) is 24.3 Å². The molecule has 16 heavy (non-hydrogen) atoms. The molecule has 0 aliphatic heterocycles. The zero-order valence-corrected chi connectivity index (χ0v) is 9.63. The van der Waals surface area contributed by atoms with Gasteiger partial charge in [-0.05, 0) is 25.8 Å². The number of hydrogen-bond donors (Lipinski definition) is 3. The van der Waals surface area contributed by atoms with E-state index in [4.69, 9.17) is 10.8 Å². The van der Waals surface area contributed by atoms with Gasteiger partial charge < -0.3 is 16.2 Å². The Labute approximate surface area is 96.1 Å². The Balaban J connectivity index is 2.49. The topological polar surface area (TPSA) is 84.1 Å². The van der Waals surface area contributed by atoms with Crippen LogP contribution in [0.4, 0.5) is 0 Å². The van der Waals surface area contributed by atoms with Crippen LogP contribution < -0.4 is 11.1 Å². The van der Waals surface area contributed by atoms with Gasteiger partial charge in [-0.15, -0.1) is 0 Å². The zero-order chi connectivity index (χ0) is 11.8. The highest BCUT2D eigenvalue weighted by molar-refractivity contribution is 5.05. The molecule has 0 saturated carbocycles. The maximum absolute atomic E-state index is 8.75. The van der Waals surface area contributed by atoms with Gasteiger partial charge in [0.15, 0.2) is 0 Å².